The number of anilines is 1. The molecule has 2 fully saturated rings. The number of imidazole rings is 1. The van der Waals surface area contributed by atoms with Crippen LogP contribution in [0.4, 0.5) is 5.82 Å². The minimum atomic E-state index is -0.653. The molecule has 2 aliphatic heterocycles. The average Bonchev–Trinajstić information content (AvgIpc) is 3.43. The molecule has 4 atom stereocenters. The molecule has 0 aliphatic carbocycles. The van der Waals surface area contributed by atoms with Crippen LogP contribution < -0.4 is 5.32 Å². The van der Waals surface area contributed by atoms with Crippen molar-refractivity contribution in [2.45, 2.75) is 76.8 Å². The summed E-state index contributed by atoms with van der Waals surface area (Å²) >= 11 is 1.73. The molecule has 11 heteroatoms. The molecule has 33 heavy (non-hydrogen) atoms. The summed E-state index contributed by atoms with van der Waals surface area (Å²) in [5.74, 6) is 0.717. The third-order valence-corrected chi connectivity index (χ3v) is 6.41. The maximum absolute atomic E-state index is 11.4. The topological polar surface area (TPSA) is 110 Å². The highest BCUT2D eigenvalue weighted by molar-refractivity contribution is 7.98. The van der Waals surface area contributed by atoms with Gasteiger partial charge in [-0.05, 0) is 39.9 Å². The highest BCUT2D eigenvalue weighted by atomic mass is 32.2. The van der Waals surface area contributed by atoms with E-state index in [0.717, 1.165) is 31.6 Å². The molecule has 1 N–H and O–H groups in total. The fourth-order valence-corrected chi connectivity index (χ4v) is 4.96. The van der Waals surface area contributed by atoms with E-state index in [1.54, 1.807) is 18.1 Å². The van der Waals surface area contributed by atoms with Gasteiger partial charge in [-0.25, -0.2) is 15.0 Å². The summed E-state index contributed by atoms with van der Waals surface area (Å²) in [5, 5.41) is 3.35. The zero-order valence-electron chi connectivity index (χ0n) is 19.7. The predicted octanol–water partition coefficient (Wildman–Crippen LogP) is 3.14. The Morgan fingerprint density at radius 3 is 2.82 bits per heavy atom. The van der Waals surface area contributed by atoms with E-state index in [1.165, 1.54) is 6.33 Å². The van der Waals surface area contributed by atoms with Gasteiger partial charge in [0.2, 0.25) is 0 Å². The Morgan fingerprint density at radius 2 is 2.03 bits per heavy atom. The molecular weight excluding hydrogens is 446 g/mol. The van der Waals surface area contributed by atoms with Crippen LogP contribution in [0.3, 0.4) is 0 Å². The van der Waals surface area contributed by atoms with Gasteiger partial charge in [0.1, 0.15) is 18.5 Å². The van der Waals surface area contributed by atoms with E-state index >= 15 is 0 Å². The minimum Gasteiger partial charge on any atom is -0.466 e. The molecule has 2 aromatic rings. The number of thioether (sulfide) groups is 1. The number of hydrogen-bond acceptors (Lipinski definition) is 10. The number of hydrogen-bond donors (Lipinski definition) is 1. The first kappa shape index (κ1) is 24.2. The number of nitrogens with zero attached hydrogens (tertiary/aromatic N) is 4. The third kappa shape index (κ3) is 5.42. The number of esters is 1. The van der Waals surface area contributed by atoms with Gasteiger partial charge >= 0.3 is 5.97 Å². The van der Waals surface area contributed by atoms with E-state index in [9.17, 15) is 4.79 Å². The molecule has 0 spiro atoms. The molecule has 2 aliphatic rings. The van der Waals surface area contributed by atoms with E-state index in [0.29, 0.717) is 30.0 Å². The van der Waals surface area contributed by atoms with Crippen molar-refractivity contribution in [3.05, 3.63) is 12.7 Å². The molecule has 182 valence electrons. The molecule has 0 aromatic carbocycles. The number of unbranched alkanes of at least 4 members (excludes halogenated alkanes) is 2. The Hall–Kier alpha value is -1.95. The number of carbonyl (C=O) groups is 1. The second-order valence-electron chi connectivity index (χ2n) is 8.67. The van der Waals surface area contributed by atoms with Crippen LogP contribution in [0, 0.1) is 0 Å². The number of fused-ring (bicyclic) bond motifs is 2. The monoisotopic (exact) mass is 479 g/mol. The zero-order valence-corrected chi connectivity index (χ0v) is 20.5. The van der Waals surface area contributed by atoms with Gasteiger partial charge < -0.3 is 24.3 Å². The largest absolute Gasteiger partial charge is 0.466 e. The summed E-state index contributed by atoms with van der Waals surface area (Å²) in [6, 6.07) is 0. The van der Waals surface area contributed by atoms with E-state index in [4.69, 9.17) is 18.9 Å². The smallest absolute Gasteiger partial charge is 0.305 e. The van der Waals surface area contributed by atoms with E-state index in [2.05, 4.69) is 26.5 Å². The molecule has 4 rings (SSSR count). The van der Waals surface area contributed by atoms with Crippen LogP contribution in [0.5, 0.6) is 0 Å². The molecule has 2 saturated heterocycles. The van der Waals surface area contributed by atoms with Gasteiger partial charge in [-0.1, -0.05) is 6.42 Å². The number of rotatable bonds is 11. The Kier molecular flexibility index (Phi) is 7.72. The second-order valence-corrected chi connectivity index (χ2v) is 9.58. The molecule has 4 heterocycles. The SMILES string of the molecule is CCOC(=O)CCCCCNc1ncnc2c1ncn2C1OC(CSC)C2OC(C)(C)OC21. The molecule has 4 unspecified atom stereocenters. The molecule has 0 saturated carbocycles. The predicted molar refractivity (Wildman–Crippen MR) is 125 cm³/mol. The Morgan fingerprint density at radius 1 is 1.21 bits per heavy atom. The fraction of sp³-hybridized carbons (Fsp3) is 0.727. The standard InChI is InChI=1S/C22H33N5O5S/c1-5-29-15(28)9-7-6-8-10-23-19-16-20(25-12-24-19)27(13-26-16)21-18-17(14(30-21)11-33-4)31-22(2,3)32-18/h12-14,17-18,21H,5-11H2,1-4H3,(H,23,24,25). The fourth-order valence-electron chi connectivity index (χ4n) is 4.36. The van der Waals surface area contributed by atoms with Crippen LogP contribution >= 0.6 is 11.8 Å². The lowest BCUT2D eigenvalue weighted by atomic mass is 10.1. The highest BCUT2D eigenvalue weighted by Gasteiger charge is 2.55. The average molecular weight is 480 g/mol. The lowest BCUT2D eigenvalue weighted by Gasteiger charge is -2.24. The normalized spacial score (nSPS) is 25.9. The summed E-state index contributed by atoms with van der Waals surface area (Å²) in [7, 11) is 0. The maximum atomic E-state index is 11.4. The van der Waals surface area contributed by atoms with Crippen LogP contribution in [0.2, 0.25) is 0 Å². The van der Waals surface area contributed by atoms with Gasteiger partial charge in [0.05, 0.1) is 19.0 Å². The maximum Gasteiger partial charge on any atom is 0.305 e. The Balaban J connectivity index is 1.41. The van der Waals surface area contributed by atoms with Gasteiger partial charge in [-0.2, -0.15) is 11.8 Å². The van der Waals surface area contributed by atoms with E-state index < -0.39 is 5.79 Å². The summed E-state index contributed by atoms with van der Waals surface area (Å²) in [6.07, 6.45) is 7.63. The number of nitrogens with one attached hydrogen (secondary N) is 1. The van der Waals surface area contributed by atoms with Gasteiger partial charge in [-0.15, -0.1) is 0 Å². The first-order valence-electron chi connectivity index (χ1n) is 11.5. The molecular formula is C22H33N5O5S. The third-order valence-electron chi connectivity index (χ3n) is 5.74. The Bertz CT molecular complexity index is 954. The molecule has 2 aromatic heterocycles. The van der Waals surface area contributed by atoms with Crippen LogP contribution in [0.1, 0.15) is 52.7 Å². The summed E-state index contributed by atoms with van der Waals surface area (Å²) in [4.78, 5) is 24.9. The summed E-state index contributed by atoms with van der Waals surface area (Å²) in [6.45, 7) is 6.84. The van der Waals surface area contributed by atoms with Crippen molar-refractivity contribution in [1.82, 2.24) is 19.5 Å². The number of aromatic nitrogens is 4. The van der Waals surface area contributed by atoms with Crippen LogP contribution in [-0.2, 0) is 23.7 Å². The van der Waals surface area contributed by atoms with Gasteiger partial charge in [-0.3, -0.25) is 9.36 Å². The first-order valence-corrected chi connectivity index (χ1v) is 12.9. The first-order chi connectivity index (χ1) is 15.9. The lowest BCUT2D eigenvalue weighted by Crippen LogP contribution is -2.31. The van der Waals surface area contributed by atoms with Crippen LogP contribution in [0.15, 0.2) is 12.7 Å². The van der Waals surface area contributed by atoms with Crippen molar-refractivity contribution in [2.24, 2.45) is 0 Å². The van der Waals surface area contributed by atoms with E-state index in [-0.39, 0.29) is 30.5 Å². The number of ether oxygens (including phenoxy) is 4. The van der Waals surface area contributed by atoms with Crippen molar-refractivity contribution in [1.29, 1.82) is 0 Å². The minimum absolute atomic E-state index is 0.0664. The van der Waals surface area contributed by atoms with Crippen LogP contribution in [0.25, 0.3) is 11.2 Å². The van der Waals surface area contributed by atoms with Crippen molar-refractivity contribution in [2.75, 3.05) is 30.5 Å². The van der Waals surface area contributed by atoms with Crippen molar-refractivity contribution in [3.63, 3.8) is 0 Å². The summed E-state index contributed by atoms with van der Waals surface area (Å²) in [5.41, 5.74) is 1.38. The van der Waals surface area contributed by atoms with Gasteiger partial charge in [0.25, 0.3) is 0 Å². The van der Waals surface area contributed by atoms with Gasteiger partial charge in [0, 0.05) is 18.7 Å². The highest BCUT2D eigenvalue weighted by Crippen LogP contribution is 2.44. The van der Waals surface area contributed by atoms with Crippen LogP contribution in [-0.4, -0.2) is 74.7 Å². The second kappa shape index (κ2) is 10.5. The summed E-state index contributed by atoms with van der Waals surface area (Å²) < 4.78 is 25.6. The van der Waals surface area contributed by atoms with Crippen molar-refractivity contribution < 1.29 is 23.7 Å². The molecule has 0 bridgehead atoms. The van der Waals surface area contributed by atoms with E-state index in [1.807, 2.05) is 25.3 Å². The quantitative estimate of drug-likeness (QED) is 0.381. The molecule has 0 amide bonds. The van der Waals surface area contributed by atoms with Gasteiger partial charge in [0.15, 0.2) is 29.0 Å². The Labute approximate surface area is 198 Å². The zero-order chi connectivity index (χ0) is 23.4. The lowest BCUT2D eigenvalue weighted by molar-refractivity contribution is -0.193. The molecule has 0 radical (unpaired) electrons. The van der Waals surface area contributed by atoms with Crippen molar-refractivity contribution in [3.8, 4) is 0 Å². The number of carbonyl (C=O) groups excluding carboxylic acids is 1. The molecule has 10 nitrogen and oxygen atoms in total. The van der Waals surface area contributed by atoms with Crippen molar-refractivity contribution >= 4 is 34.7 Å².